The van der Waals surface area contributed by atoms with Crippen LogP contribution < -0.4 is 0 Å². The lowest BCUT2D eigenvalue weighted by molar-refractivity contribution is -0.0415. The molecule has 14 nitrogen and oxygen atoms in total. The summed E-state index contributed by atoms with van der Waals surface area (Å²) < 4.78 is 71.7. The lowest BCUT2D eigenvalue weighted by Crippen LogP contribution is -2.34. The molecular formula is C40H80O14. The molecule has 0 bridgehead atoms. The van der Waals surface area contributed by atoms with Gasteiger partial charge in [-0.05, 0) is 48.9 Å². The van der Waals surface area contributed by atoms with Crippen molar-refractivity contribution in [1.82, 2.24) is 0 Å². The Bertz CT molecular complexity index is 761. The van der Waals surface area contributed by atoms with Crippen molar-refractivity contribution in [3.63, 3.8) is 0 Å². The number of ether oxygens (including phenoxy) is 13. The van der Waals surface area contributed by atoms with Crippen LogP contribution >= 0.6 is 0 Å². The molecule has 324 valence electrons. The third-order valence-electron chi connectivity index (χ3n) is 8.67. The van der Waals surface area contributed by atoms with Crippen LogP contribution in [0.1, 0.15) is 66.7 Å². The molecule has 1 saturated carbocycles. The summed E-state index contributed by atoms with van der Waals surface area (Å²) in [5, 5.41) is 8.59. The van der Waals surface area contributed by atoms with Crippen molar-refractivity contribution in [1.29, 1.82) is 0 Å². The molecule has 0 saturated heterocycles. The molecule has 0 aromatic rings. The van der Waals surface area contributed by atoms with Gasteiger partial charge in [0.1, 0.15) is 0 Å². The molecule has 0 aromatic carbocycles. The Balaban J connectivity index is 1.67. The van der Waals surface area contributed by atoms with E-state index >= 15 is 0 Å². The Morgan fingerprint density at radius 3 is 0.833 bits per heavy atom. The molecule has 0 radical (unpaired) electrons. The number of rotatable bonds is 41. The third-order valence-corrected chi connectivity index (χ3v) is 8.67. The lowest BCUT2D eigenvalue weighted by atomic mass is 9.64. The quantitative estimate of drug-likeness (QED) is 0.0886. The fourth-order valence-electron chi connectivity index (χ4n) is 6.38. The first-order chi connectivity index (χ1) is 26.2. The average molecular weight is 785 g/mol. The Morgan fingerprint density at radius 2 is 0.593 bits per heavy atom. The van der Waals surface area contributed by atoms with Crippen molar-refractivity contribution < 1.29 is 66.7 Å². The van der Waals surface area contributed by atoms with E-state index in [2.05, 4.69) is 34.6 Å². The molecule has 1 N–H and O–H groups in total. The van der Waals surface area contributed by atoms with Gasteiger partial charge in [0.05, 0.1) is 178 Å². The van der Waals surface area contributed by atoms with Crippen LogP contribution in [0.5, 0.6) is 0 Å². The van der Waals surface area contributed by atoms with Gasteiger partial charge in [-0.3, -0.25) is 0 Å². The standard InChI is InChI=1S/C40H80O14/c1-39(2,3)36-40(4,5)37-6-8-38(9-7-37)54-35-34-53-33-32-52-31-30-51-29-28-50-27-26-49-25-24-48-23-22-47-21-20-46-19-18-45-17-16-44-15-14-43-13-12-42-11-10-41/h37-38,41H,6-36H2,1-5H3. The third kappa shape index (κ3) is 34.7. The summed E-state index contributed by atoms with van der Waals surface area (Å²) in [5.41, 5.74) is 0.765. The van der Waals surface area contributed by atoms with Gasteiger partial charge in [0.25, 0.3) is 0 Å². The van der Waals surface area contributed by atoms with E-state index in [0.29, 0.717) is 182 Å². The summed E-state index contributed by atoms with van der Waals surface area (Å²) in [6.45, 7) is 24.8. The van der Waals surface area contributed by atoms with Crippen LogP contribution in [-0.2, 0) is 61.6 Å². The van der Waals surface area contributed by atoms with E-state index in [1.54, 1.807) is 0 Å². The van der Waals surface area contributed by atoms with E-state index < -0.39 is 0 Å². The highest BCUT2D eigenvalue weighted by atomic mass is 16.6. The number of hydrogen-bond donors (Lipinski definition) is 1. The van der Waals surface area contributed by atoms with E-state index in [1.807, 2.05) is 0 Å². The van der Waals surface area contributed by atoms with Crippen LogP contribution in [0.4, 0.5) is 0 Å². The first-order valence-corrected chi connectivity index (χ1v) is 20.4. The number of aliphatic hydroxyl groups excluding tert-OH is 1. The summed E-state index contributed by atoms with van der Waals surface area (Å²) in [4.78, 5) is 0. The molecule has 1 rings (SSSR count). The summed E-state index contributed by atoms with van der Waals surface area (Å²) in [5.74, 6) is 0.792. The van der Waals surface area contributed by atoms with Gasteiger partial charge < -0.3 is 66.7 Å². The Morgan fingerprint density at radius 1 is 0.352 bits per heavy atom. The Hall–Kier alpha value is -0.560. The van der Waals surface area contributed by atoms with Crippen LogP contribution in [0.2, 0.25) is 0 Å². The second-order valence-corrected chi connectivity index (χ2v) is 15.1. The minimum absolute atomic E-state index is 0.0252. The summed E-state index contributed by atoms with van der Waals surface area (Å²) in [6, 6.07) is 0. The molecule has 0 aliphatic heterocycles. The van der Waals surface area contributed by atoms with Gasteiger partial charge in [-0.1, -0.05) is 34.6 Å². The van der Waals surface area contributed by atoms with E-state index in [4.69, 9.17) is 66.7 Å². The second kappa shape index (κ2) is 36.8. The van der Waals surface area contributed by atoms with Crippen molar-refractivity contribution in [2.75, 3.05) is 172 Å². The lowest BCUT2D eigenvalue weighted by Gasteiger charge is -2.42. The first-order valence-electron chi connectivity index (χ1n) is 20.4. The molecule has 1 aliphatic rings. The average Bonchev–Trinajstić information content (AvgIpc) is 3.13. The highest BCUT2D eigenvalue weighted by molar-refractivity contribution is 4.86. The highest BCUT2D eigenvalue weighted by Gasteiger charge is 2.36. The zero-order chi connectivity index (χ0) is 39.3. The fourth-order valence-corrected chi connectivity index (χ4v) is 6.38. The molecule has 0 amide bonds. The topological polar surface area (TPSA) is 140 Å². The maximum atomic E-state index is 8.59. The van der Waals surface area contributed by atoms with Gasteiger partial charge in [-0.15, -0.1) is 0 Å². The molecule has 0 heterocycles. The fraction of sp³-hybridized carbons (Fsp3) is 1.00. The zero-order valence-electron chi connectivity index (χ0n) is 34.8. The normalized spacial score (nSPS) is 16.8. The van der Waals surface area contributed by atoms with E-state index in [9.17, 15) is 0 Å². The van der Waals surface area contributed by atoms with Gasteiger partial charge in [-0.2, -0.15) is 0 Å². The molecule has 14 heteroatoms. The summed E-state index contributed by atoms with van der Waals surface area (Å²) >= 11 is 0. The second-order valence-electron chi connectivity index (χ2n) is 15.1. The highest BCUT2D eigenvalue weighted by Crippen LogP contribution is 2.45. The van der Waals surface area contributed by atoms with Gasteiger partial charge in [0.15, 0.2) is 0 Å². The molecular weight excluding hydrogens is 704 g/mol. The molecule has 0 unspecified atom stereocenters. The van der Waals surface area contributed by atoms with Crippen LogP contribution in [0.3, 0.4) is 0 Å². The number of aliphatic hydroxyl groups is 1. The SMILES string of the molecule is CC(C)(C)CC(C)(C)C1CCC(OCCOCCOCCOCCOCCOCCOCCOCCOCCOCCOCCOCCOCCO)CC1. The van der Waals surface area contributed by atoms with Crippen LogP contribution in [0.15, 0.2) is 0 Å². The maximum absolute atomic E-state index is 8.59. The van der Waals surface area contributed by atoms with Crippen molar-refractivity contribution >= 4 is 0 Å². The summed E-state index contributed by atoms with van der Waals surface area (Å²) in [7, 11) is 0. The minimum atomic E-state index is 0.0252. The van der Waals surface area contributed by atoms with Crippen molar-refractivity contribution in [2.24, 2.45) is 16.7 Å². The van der Waals surface area contributed by atoms with Crippen LogP contribution in [-0.4, -0.2) is 183 Å². The first kappa shape index (κ1) is 51.5. The van der Waals surface area contributed by atoms with Gasteiger partial charge in [0.2, 0.25) is 0 Å². The summed E-state index contributed by atoms with van der Waals surface area (Å²) in [6.07, 6.45) is 6.49. The Kier molecular flexibility index (Phi) is 35.0. The van der Waals surface area contributed by atoms with Crippen molar-refractivity contribution in [2.45, 2.75) is 72.8 Å². The number of hydrogen-bond acceptors (Lipinski definition) is 14. The smallest absolute Gasteiger partial charge is 0.0704 e. The Labute approximate surface area is 327 Å². The van der Waals surface area contributed by atoms with Gasteiger partial charge in [0, 0.05) is 0 Å². The minimum Gasteiger partial charge on any atom is -0.394 e. The molecule has 0 aromatic heterocycles. The molecule has 0 atom stereocenters. The van der Waals surface area contributed by atoms with Gasteiger partial charge in [-0.25, -0.2) is 0 Å². The van der Waals surface area contributed by atoms with Gasteiger partial charge >= 0.3 is 0 Å². The van der Waals surface area contributed by atoms with Crippen LogP contribution in [0.25, 0.3) is 0 Å². The van der Waals surface area contributed by atoms with Crippen molar-refractivity contribution in [3.8, 4) is 0 Å². The predicted octanol–water partition coefficient (Wildman–Crippen LogP) is 4.22. The zero-order valence-corrected chi connectivity index (χ0v) is 34.8. The maximum Gasteiger partial charge on any atom is 0.0704 e. The predicted molar refractivity (Wildman–Crippen MR) is 206 cm³/mol. The molecule has 1 fully saturated rings. The van der Waals surface area contributed by atoms with Crippen molar-refractivity contribution in [3.05, 3.63) is 0 Å². The largest absolute Gasteiger partial charge is 0.394 e. The van der Waals surface area contributed by atoms with E-state index in [1.165, 1.54) is 19.3 Å². The monoisotopic (exact) mass is 785 g/mol. The molecule has 54 heavy (non-hydrogen) atoms. The van der Waals surface area contributed by atoms with Crippen LogP contribution in [0, 0.1) is 16.7 Å². The molecule has 1 aliphatic carbocycles. The van der Waals surface area contributed by atoms with E-state index in [-0.39, 0.29) is 6.61 Å². The van der Waals surface area contributed by atoms with E-state index in [0.717, 1.165) is 18.8 Å². The molecule has 0 spiro atoms.